The molecule has 0 aromatic carbocycles. The van der Waals surface area contributed by atoms with Gasteiger partial charge in [0, 0.05) is 5.69 Å². The smallest absolute Gasteiger partial charge is 0.260 e. The lowest BCUT2D eigenvalue weighted by molar-refractivity contribution is -0.883. The van der Waals surface area contributed by atoms with Crippen LogP contribution in [0.15, 0.2) is 17.4 Å². The number of aromatic nitrogens is 1. The van der Waals surface area contributed by atoms with Crippen LogP contribution in [-0.4, -0.2) is 49.1 Å². The van der Waals surface area contributed by atoms with Crippen molar-refractivity contribution in [1.82, 2.24) is 10.3 Å². The van der Waals surface area contributed by atoms with Gasteiger partial charge in [-0.3, -0.25) is 9.59 Å². The Balaban J connectivity index is 0.00000288. The van der Waals surface area contributed by atoms with E-state index in [2.05, 4.69) is 16.9 Å². The van der Waals surface area contributed by atoms with Crippen LogP contribution in [0.2, 0.25) is 0 Å². The number of quaternary nitrogens is 1. The van der Waals surface area contributed by atoms with Gasteiger partial charge in [0.25, 0.3) is 11.5 Å². The lowest BCUT2D eigenvalue weighted by atomic mass is 9.93. The molecular weight excluding hydrogens is 374 g/mol. The fourth-order valence-corrected chi connectivity index (χ4v) is 2.95. The maximum absolute atomic E-state index is 12.4. The summed E-state index contributed by atoms with van der Waals surface area (Å²) in [7, 11) is 4.05. The molecule has 0 spiro atoms. The standard InChI is InChI=1S/C17H25N3O3.BrH/c1-4-10-20(2,3)11-9-18-16(22)14-15(21)12-7-5-6-8-13(12)19-17(14)23;/h4H,1,5-11H2,2-3H3,(H2-,18,19,21,22,23);1H. The molecular formula is C17H26BrN3O3. The van der Waals surface area contributed by atoms with Gasteiger partial charge in [-0.25, -0.2) is 0 Å². The first kappa shape index (κ1) is 20.4. The molecule has 1 aliphatic rings. The predicted octanol–water partition coefficient (Wildman–Crippen LogP) is 0.897. The number of aromatic amines is 1. The first-order valence-electron chi connectivity index (χ1n) is 8.02. The van der Waals surface area contributed by atoms with E-state index >= 15 is 0 Å². The summed E-state index contributed by atoms with van der Waals surface area (Å²) in [6.45, 7) is 5.58. The highest BCUT2D eigenvalue weighted by Gasteiger charge is 2.20. The zero-order valence-electron chi connectivity index (χ0n) is 14.3. The highest BCUT2D eigenvalue weighted by Crippen LogP contribution is 2.26. The van der Waals surface area contributed by atoms with Gasteiger partial charge in [0.15, 0.2) is 0 Å². The largest absolute Gasteiger partial charge is 0.872 e. The van der Waals surface area contributed by atoms with E-state index in [9.17, 15) is 14.7 Å². The molecule has 0 saturated heterocycles. The van der Waals surface area contributed by atoms with Crippen LogP contribution in [0.1, 0.15) is 34.5 Å². The second kappa shape index (κ2) is 8.48. The third-order valence-electron chi connectivity index (χ3n) is 4.31. The molecule has 134 valence electrons. The molecule has 1 heterocycles. The Morgan fingerprint density at radius 3 is 2.71 bits per heavy atom. The second-order valence-corrected chi connectivity index (χ2v) is 6.71. The molecule has 0 bridgehead atoms. The first-order chi connectivity index (χ1) is 10.9. The van der Waals surface area contributed by atoms with Crippen LogP contribution < -0.4 is 16.0 Å². The van der Waals surface area contributed by atoms with E-state index in [1.54, 1.807) is 0 Å². The molecule has 1 aromatic rings. The van der Waals surface area contributed by atoms with Crippen LogP contribution >= 0.6 is 17.0 Å². The number of carbonyl (C=O) groups is 1. The number of carbonyl (C=O) groups excluding carboxylic acids is 1. The SMILES string of the molecule is Br.C=CC[N+](C)(C)CCNC(=O)c1c([O-])c2c([nH]c1=O)CCCC2. The highest BCUT2D eigenvalue weighted by molar-refractivity contribution is 8.93. The Hall–Kier alpha value is -1.60. The van der Waals surface area contributed by atoms with Crippen molar-refractivity contribution >= 4 is 22.9 Å². The summed E-state index contributed by atoms with van der Waals surface area (Å²) >= 11 is 0. The predicted molar refractivity (Wildman–Crippen MR) is 97.8 cm³/mol. The molecule has 1 aromatic heterocycles. The summed E-state index contributed by atoms with van der Waals surface area (Å²) in [5.74, 6) is -0.982. The van der Waals surface area contributed by atoms with Crippen molar-refractivity contribution in [3.8, 4) is 5.75 Å². The monoisotopic (exact) mass is 399 g/mol. The Morgan fingerprint density at radius 1 is 1.38 bits per heavy atom. The number of hydrogen-bond acceptors (Lipinski definition) is 3. The van der Waals surface area contributed by atoms with Gasteiger partial charge < -0.3 is 19.9 Å². The van der Waals surface area contributed by atoms with E-state index in [0.29, 0.717) is 41.7 Å². The summed E-state index contributed by atoms with van der Waals surface area (Å²) in [6, 6.07) is 0. The van der Waals surface area contributed by atoms with E-state index in [-0.39, 0.29) is 22.5 Å². The van der Waals surface area contributed by atoms with Crippen molar-refractivity contribution in [2.75, 3.05) is 33.7 Å². The van der Waals surface area contributed by atoms with Gasteiger partial charge in [0.05, 0.1) is 39.3 Å². The van der Waals surface area contributed by atoms with Gasteiger partial charge in [0.1, 0.15) is 0 Å². The number of fused-ring (bicyclic) bond motifs is 1. The van der Waals surface area contributed by atoms with Crippen molar-refractivity contribution in [1.29, 1.82) is 0 Å². The highest BCUT2D eigenvalue weighted by atomic mass is 79.9. The molecule has 2 rings (SSSR count). The zero-order valence-corrected chi connectivity index (χ0v) is 16.0. The maximum Gasteiger partial charge on any atom is 0.260 e. The van der Waals surface area contributed by atoms with Gasteiger partial charge in [0.2, 0.25) is 0 Å². The lowest BCUT2D eigenvalue weighted by Crippen LogP contribution is -2.46. The van der Waals surface area contributed by atoms with Crippen molar-refractivity contribution in [2.24, 2.45) is 0 Å². The van der Waals surface area contributed by atoms with E-state index in [1.165, 1.54) is 0 Å². The van der Waals surface area contributed by atoms with E-state index < -0.39 is 17.2 Å². The number of aryl methyl sites for hydroxylation is 1. The third-order valence-corrected chi connectivity index (χ3v) is 4.31. The van der Waals surface area contributed by atoms with Crippen LogP contribution in [0.4, 0.5) is 0 Å². The molecule has 2 N–H and O–H groups in total. The minimum Gasteiger partial charge on any atom is -0.872 e. The van der Waals surface area contributed by atoms with E-state index in [4.69, 9.17) is 0 Å². The minimum atomic E-state index is -0.580. The Bertz CT molecular complexity index is 668. The molecule has 1 aliphatic carbocycles. The molecule has 0 radical (unpaired) electrons. The van der Waals surface area contributed by atoms with E-state index in [1.807, 2.05) is 20.2 Å². The summed E-state index contributed by atoms with van der Waals surface area (Å²) in [5.41, 5.74) is 0.447. The topological polar surface area (TPSA) is 85.0 Å². The van der Waals surface area contributed by atoms with Gasteiger partial charge >= 0.3 is 0 Å². The van der Waals surface area contributed by atoms with Crippen LogP contribution in [0, 0.1) is 0 Å². The number of H-pyrrole nitrogens is 1. The van der Waals surface area contributed by atoms with Crippen LogP contribution in [0.25, 0.3) is 0 Å². The van der Waals surface area contributed by atoms with Gasteiger partial charge in [-0.1, -0.05) is 12.3 Å². The fraction of sp³-hybridized carbons (Fsp3) is 0.529. The average molecular weight is 400 g/mol. The number of rotatable bonds is 6. The normalized spacial score (nSPS) is 13.6. The number of nitrogens with zero attached hydrogens (tertiary/aromatic N) is 1. The molecule has 0 unspecified atom stereocenters. The number of pyridine rings is 1. The summed E-state index contributed by atoms with van der Waals surface area (Å²) in [5, 5.41) is 15.1. The number of halogens is 1. The first-order valence-corrected chi connectivity index (χ1v) is 8.02. The Morgan fingerprint density at radius 2 is 2.04 bits per heavy atom. The van der Waals surface area contributed by atoms with Gasteiger partial charge in [-0.15, -0.1) is 17.0 Å². The Labute approximate surface area is 152 Å². The lowest BCUT2D eigenvalue weighted by Gasteiger charge is -2.28. The molecule has 0 fully saturated rings. The van der Waals surface area contributed by atoms with E-state index in [0.717, 1.165) is 19.4 Å². The zero-order chi connectivity index (χ0) is 17.0. The van der Waals surface area contributed by atoms with Crippen molar-refractivity contribution in [3.05, 3.63) is 39.8 Å². The van der Waals surface area contributed by atoms with Gasteiger partial charge in [-0.2, -0.15) is 0 Å². The fourth-order valence-electron chi connectivity index (χ4n) is 2.95. The number of nitrogens with one attached hydrogen (secondary N) is 2. The third kappa shape index (κ3) is 4.70. The number of hydrogen-bond donors (Lipinski definition) is 2. The minimum absolute atomic E-state index is 0. The summed E-state index contributed by atoms with van der Waals surface area (Å²) < 4.78 is 0.675. The summed E-state index contributed by atoms with van der Waals surface area (Å²) in [6.07, 6.45) is 5.04. The van der Waals surface area contributed by atoms with Crippen LogP contribution in [0.5, 0.6) is 5.75 Å². The molecule has 0 aliphatic heterocycles. The maximum atomic E-state index is 12.4. The van der Waals surface area contributed by atoms with Crippen molar-refractivity contribution in [3.63, 3.8) is 0 Å². The average Bonchev–Trinajstić information content (AvgIpc) is 2.47. The molecule has 7 heteroatoms. The molecule has 0 saturated carbocycles. The van der Waals surface area contributed by atoms with Crippen molar-refractivity contribution < 1.29 is 14.4 Å². The number of likely N-dealkylation sites (N-methyl/N-ethyl adjacent to an activating group) is 1. The second-order valence-electron chi connectivity index (χ2n) is 6.71. The Kier molecular flexibility index (Phi) is 7.23. The van der Waals surface area contributed by atoms with Gasteiger partial charge in [-0.05, 0) is 37.3 Å². The molecule has 1 amide bonds. The quantitative estimate of drug-likeness (QED) is 0.550. The van der Waals surface area contributed by atoms with Crippen LogP contribution in [0.3, 0.4) is 0 Å². The molecule has 24 heavy (non-hydrogen) atoms. The summed E-state index contributed by atoms with van der Waals surface area (Å²) in [4.78, 5) is 27.1. The molecule has 6 nitrogen and oxygen atoms in total. The van der Waals surface area contributed by atoms with Crippen LogP contribution in [-0.2, 0) is 12.8 Å². The molecule has 0 atom stereocenters. The number of amides is 1. The van der Waals surface area contributed by atoms with Crippen molar-refractivity contribution in [2.45, 2.75) is 25.7 Å².